The highest BCUT2D eigenvalue weighted by Crippen LogP contribution is 2.44. The monoisotopic (exact) mass is 426 g/mol. The summed E-state index contributed by atoms with van der Waals surface area (Å²) in [5.41, 5.74) is 4.78. The molecular weight excluding hydrogens is 392 g/mol. The molecule has 1 atom stereocenters. The van der Waals surface area contributed by atoms with Crippen LogP contribution in [-0.4, -0.2) is 32.2 Å². The van der Waals surface area contributed by atoms with E-state index in [1.807, 2.05) is 0 Å². The minimum Gasteiger partial charge on any atom is -0.493 e. The zero-order chi connectivity index (χ0) is 22.6. The van der Waals surface area contributed by atoms with Gasteiger partial charge in [-0.3, -0.25) is 4.79 Å². The van der Waals surface area contributed by atoms with Gasteiger partial charge in [-0.15, -0.1) is 0 Å². The summed E-state index contributed by atoms with van der Waals surface area (Å²) in [6, 6.07) is 5.17. The van der Waals surface area contributed by atoms with E-state index in [1.54, 1.807) is 25.3 Å². The molecule has 0 saturated heterocycles. The summed E-state index contributed by atoms with van der Waals surface area (Å²) in [6.07, 6.45) is 4.72. The van der Waals surface area contributed by atoms with E-state index in [2.05, 4.69) is 34.6 Å². The predicted octanol–water partition coefficient (Wildman–Crippen LogP) is 5.77. The van der Waals surface area contributed by atoms with Gasteiger partial charge in [-0.25, -0.2) is 0 Å². The molecule has 0 fully saturated rings. The van der Waals surface area contributed by atoms with E-state index in [0.717, 1.165) is 61.2 Å². The van der Waals surface area contributed by atoms with Crippen LogP contribution in [0.2, 0.25) is 0 Å². The van der Waals surface area contributed by atoms with Crippen LogP contribution in [0.1, 0.15) is 65.7 Å². The Morgan fingerprint density at radius 1 is 1.10 bits per heavy atom. The second kappa shape index (κ2) is 9.63. The van der Waals surface area contributed by atoms with Crippen LogP contribution in [0, 0.1) is 20.8 Å². The number of methoxy groups -OCH3 is 1. The quantitative estimate of drug-likeness (QED) is 0.376. The number of unbranched alkanes of at least 4 members (excludes halogenated alkanes) is 1. The first-order valence-corrected chi connectivity index (χ1v) is 11.0. The molecule has 5 nitrogen and oxygen atoms in total. The van der Waals surface area contributed by atoms with E-state index in [4.69, 9.17) is 18.9 Å². The van der Waals surface area contributed by atoms with Crippen molar-refractivity contribution in [3.05, 3.63) is 46.0 Å². The largest absolute Gasteiger partial charge is 0.493 e. The average Bonchev–Trinajstić information content (AvgIpc) is 2.78. The van der Waals surface area contributed by atoms with Gasteiger partial charge in [0.25, 0.3) is 0 Å². The first kappa shape index (κ1) is 23.0. The first-order valence-electron chi connectivity index (χ1n) is 11.0. The smallest absolute Gasteiger partial charge is 0.161 e. The molecule has 0 saturated carbocycles. The van der Waals surface area contributed by atoms with Gasteiger partial charge in [0.1, 0.15) is 30.0 Å². The SMILES string of the molecule is CCCCOc1c(C)c(C)c2c(c1C)CCC(C)(COc1ccc(C=O)cc1OC)O2. The van der Waals surface area contributed by atoms with Crippen molar-refractivity contribution in [2.45, 2.75) is 65.9 Å². The molecule has 5 heteroatoms. The summed E-state index contributed by atoms with van der Waals surface area (Å²) >= 11 is 0. The molecule has 0 amide bonds. The summed E-state index contributed by atoms with van der Waals surface area (Å²) in [7, 11) is 1.57. The van der Waals surface area contributed by atoms with E-state index >= 15 is 0 Å². The highest BCUT2D eigenvalue weighted by molar-refractivity contribution is 5.76. The zero-order valence-corrected chi connectivity index (χ0v) is 19.6. The Balaban J connectivity index is 1.80. The summed E-state index contributed by atoms with van der Waals surface area (Å²) in [4.78, 5) is 11.0. The van der Waals surface area contributed by atoms with E-state index < -0.39 is 5.60 Å². The van der Waals surface area contributed by atoms with Crippen LogP contribution >= 0.6 is 0 Å². The Kier molecular flexibility index (Phi) is 7.14. The fourth-order valence-corrected chi connectivity index (χ4v) is 4.03. The van der Waals surface area contributed by atoms with Crippen molar-refractivity contribution in [3.8, 4) is 23.0 Å². The van der Waals surface area contributed by atoms with E-state index in [0.29, 0.717) is 23.7 Å². The van der Waals surface area contributed by atoms with Gasteiger partial charge in [-0.05, 0) is 81.8 Å². The van der Waals surface area contributed by atoms with Gasteiger partial charge < -0.3 is 18.9 Å². The molecule has 0 aromatic heterocycles. The number of benzene rings is 2. The van der Waals surface area contributed by atoms with Crippen LogP contribution in [0.5, 0.6) is 23.0 Å². The number of carbonyl (C=O) groups excluding carboxylic acids is 1. The second-order valence-electron chi connectivity index (χ2n) is 8.58. The third kappa shape index (κ3) is 4.81. The molecule has 1 aliphatic heterocycles. The van der Waals surface area contributed by atoms with Gasteiger partial charge in [-0.2, -0.15) is 0 Å². The third-order valence-electron chi connectivity index (χ3n) is 6.16. The number of hydrogen-bond donors (Lipinski definition) is 0. The molecule has 0 bridgehead atoms. The zero-order valence-electron chi connectivity index (χ0n) is 19.6. The lowest BCUT2D eigenvalue weighted by Gasteiger charge is -2.38. The molecule has 1 aliphatic rings. The van der Waals surface area contributed by atoms with E-state index in [9.17, 15) is 4.79 Å². The second-order valence-corrected chi connectivity index (χ2v) is 8.58. The van der Waals surface area contributed by atoms with Gasteiger partial charge in [0.05, 0.1) is 13.7 Å². The van der Waals surface area contributed by atoms with Gasteiger partial charge >= 0.3 is 0 Å². The van der Waals surface area contributed by atoms with Gasteiger partial charge in [-0.1, -0.05) is 13.3 Å². The lowest BCUT2D eigenvalue weighted by molar-refractivity contribution is 0.0158. The minimum atomic E-state index is -0.463. The molecule has 2 aromatic rings. The minimum absolute atomic E-state index is 0.384. The Labute approximate surface area is 185 Å². The van der Waals surface area contributed by atoms with Crippen molar-refractivity contribution in [2.75, 3.05) is 20.3 Å². The fraction of sp³-hybridized carbons (Fsp3) is 0.500. The molecule has 0 aliphatic carbocycles. The molecule has 31 heavy (non-hydrogen) atoms. The summed E-state index contributed by atoms with van der Waals surface area (Å²) in [5.74, 6) is 3.11. The molecule has 3 rings (SSSR count). The van der Waals surface area contributed by atoms with Crippen molar-refractivity contribution in [3.63, 3.8) is 0 Å². The molecule has 0 radical (unpaired) electrons. The average molecular weight is 427 g/mol. The molecule has 1 heterocycles. The highest BCUT2D eigenvalue weighted by atomic mass is 16.6. The van der Waals surface area contributed by atoms with Gasteiger partial charge in [0, 0.05) is 11.1 Å². The summed E-state index contributed by atoms with van der Waals surface area (Å²) in [5, 5.41) is 0. The Hall–Kier alpha value is -2.69. The Morgan fingerprint density at radius 2 is 1.87 bits per heavy atom. The predicted molar refractivity (Wildman–Crippen MR) is 122 cm³/mol. The van der Waals surface area contributed by atoms with E-state index in [-0.39, 0.29) is 0 Å². The number of carbonyl (C=O) groups is 1. The maximum atomic E-state index is 11.0. The van der Waals surface area contributed by atoms with Gasteiger partial charge in [0.15, 0.2) is 11.5 Å². The first-order chi connectivity index (χ1) is 14.8. The van der Waals surface area contributed by atoms with Crippen LogP contribution in [-0.2, 0) is 6.42 Å². The van der Waals surface area contributed by atoms with Crippen molar-refractivity contribution in [1.29, 1.82) is 0 Å². The lowest BCUT2D eigenvalue weighted by atomic mass is 9.87. The fourth-order valence-electron chi connectivity index (χ4n) is 4.03. The van der Waals surface area contributed by atoms with Crippen LogP contribution in [0.3, 0.4) is 0 Å². The molecular formula is C26H34O5. The normalized spacial score (nSPS) is 17.5. The highest BCUT2D eigenvalue weighted by Gasteiger charge is 2.36. The van der Waals surface area contributed by atoms with Crippen LogP contribution in [0.15, 0.2) is 18.2 Å². The topological polar surface area (TPSA) is 54.0 Å². The molecule has 1 unspecified atom stereocenters. The summed E-state index contributed by atoms with van der Waals surface area (Å²) < 4.78 is 24.2. The molecule has 168 valence electrons. The molecule has 0 N–H and O–H groups in total. The van der Waals surface area contributed by atoms with Crippen LogP contribution in [0.4, 0.5) is 0 Å². The lowest BCUT2D eigenvalue weighted by Crippen LogP contribution is -2.42. The summed E-state index contributed by atoms with van der Waals surface area (Å²) in [6.45, 7) is 11.7. The van der Waals surface area contributed by atoms with Crippen molar-refractivity contribution < 1.29 is 23.7 Å². The van der Waals surface area contributed by atoms with Crippen molar-refractivity contribution >= 4 is 6.29 Å². The molecule has 2 aromatic carbocycles. The van der Waals surface area contributed by atoms with Gasteiger partial charge in [0.2, 0.25) is 0 Å². The molecule has 0 spiro atoms. The Morgan fingerprint density at radius 3 is 2.55 bits per heavy atom. The Bertz CT molecular complexity index is 950. The number of aldehydes is 1. The number of hydrogen-bond acceptors (Lipinski definition) is 5. The van der Waals surface area contributed by atoms with Crippen molar-refractivity contribution in [2.24, 2.45) is 0 Å². The van der Waals surface area contributed by atoms with Crippen molar-refractivity contribution in [1.82, 2.24) is 0 Å². The third-order valence-corrected chi connectivity index (χ3v) is 6.16. The maximum Gasteiger partial charge on any atom is 0.161 e. The van der Waals surface area contributed by atoms with Crippen LogP contribution < -0.4 is 18.9 Å². The number of fused-ring (bicyclic) bond motifs is 1. The van der Waals surface area contributed by atoms with Crippen LogP contribution in [0.25, 0.3) is 0 Å². The standard InChI is InChI=1S/C26H34O5/c1-7-8-13-29-24-17(2)18(3)25-21(19(24)4)11-12-26(5,31-25)16-30-22-10-9-20(15-27)14-23(22)28-6/h9-10,14-15H,7-8,11-13,16H2,1-6H3. The maximum absolute atomic E-state index is 11.0. The number of rotatable bonds is 9. The van der Waals surface area contributed by atoms with E-state index in [1.165, 1.54) is 11.1 Å². The number of ether oxygens (including phenoxy) is 4.